The zero-order valence-electron chi connectivity index (χ0n) is 17.7. The lowest BCUT2D eigenvalue weighted by Crippen LogP contribution is -2.25. The molecule has 0 radical (unpaired) electrons. The van der Waals surface area contributed by atoms with Gasteiger partial charge < -0.3 is 5.32 Å². The van der Waals surface area contributed by atoms with Crippen LogP contribution >= 0.6 is 0 Å². The zero-order chi connectivity index (χ0) is 21.6. The summed E-state index contributed by atoms with van der Waals surface area (Å²) in [5.41, 5.74) is 3.81. The molecule has 31 heavy (non-hydrogen) atoms. The molecule has 6 heteroatoms. The number of hydrogen-bond acceptors (Lipinski definition) is 4. The second-order valence-corrected chi connectivity index (χ2v) is 7.86. The predicted molar refractivity (Wildman–Crippen MR) is 122 cm³/mol. The van der Waals surface area contributed by atoms with Gasteiger partial charge in [0.25, 0.3) is 11.5 Å². The standard InChI is InChI=1S/C25H26N4O2/c1-18-7-10-23-28-22-9-8-20(16-21(22)25(31)29(23)17-18)24(30)27-13-5-3-2-4-6-19-11-14-26-15-12-19/h7-12,14-17H,2-6,13H2,1H3,(H,27,30). The summed E-state index contributed by atoms with van der Waals surface area (Å²) in [5, 5.41) is 3.41. The highest BCUT2D eigenvalue weighted by Gasteiger charge is 2.10. The maximum Gasteiger partial charge on any atom is 0.265 e. The van der Waals surface area contributed by atoms with Crippen LogP contribution in [0, 0.1) is 6.92 Å². The van der Waals surface area contributed by atoms with Crippen molar-refractivity contribution in [3.8, 4) is 0 Å². The molecule has 0 unspecified atom stereocenters. The first-order chi connectivity index (χ1) is 15.1. The number of aryl methyl sites for hydroxylation is 2. The van der Waals surface area contributed by atoms with Crippen LogP contribution in [-0.2, 0) is 6.42 Å². The van der Waals surface area contributed by atoms with Gasteiger partial charge in [-0.1, -0.05) is 18.9 Å². The van der Waals surface area contributed by atoms with E-state index in [-0.39, 0.29) is 11.5 Å². The van der Waals surface area contributed by atoms with E-state index in [2.05, 4.69) is 27.4 Å². The van der Waals surface area contributed by atoms with Crippen LogP contribution in [0.2, 0.25) is 0 Å². The van der Waals surface area contributed by atoms with Gasteiger partial charge in [-0.15, -0.1) is 0 Å². The van der Waals surface area contributed by atoms with E-state index in [1.807, 2.05) is 31.5 Å². The van der Waals surface area contributed by atoms with Crippen LogP contribution in [0.3, 0.4) is 0 Å². The minimum atomic E-state index is -0.160. The van der Waals surface area contributed by atoms with E-state index in [9.17, 15) is 9.59 Å². The molecule has 0 saturated heterocycles. The Kier molecular flexibility index (Phi) is 6.36. The van der Waals surface area contributed by atoms with E-state index in [4.69, 9.17) is 0 Å². The minimum absolute atomic E-state index is 0.160. The van der Waals surface area contributed by atoms with E-state index >= 15 is 0 Å². The molecule has 0 saturated carbocycles. The molecule has 0 aliphatic rings. The van der Waals surface area contributed by atoms with Crippen molar-refractivity contribution in [2.45, 2.75) is 39.0 Å². The third-order valence-electron chi connectivity index (χ3n) is 5.44. The number of benzene rings is 1. The lowest BCUT2D eigenvalue weighted by molar-refractivity contribution is 0.0953. The van der Waals surface area contributed by atoms with Gasteiger partial charge in [-0.3, -0.25) is 19.0 Å². The van der Waals surface area contributed by atoms with E-state index in [0.717, 1.165) is 37.7 Å². The summed E-state index contributed by atoms with van der Waals surface area (Å²) < 4.78 is 1.53. The van der Waals surface area contributed by atoms with E-state index < -0.39 is 0 Å². The van der Waals surface area contributed by atoms with E-state index in [1.54, 1.807) is 24.4 Å². The van der Waals surface area contributed by atoms with Crippen LogP contribution in [0.4, 0.5) is 0 Å². The van der Waals surface area contributed by atoms with Crippen molar-refractivity contribution in [1.29, 1.82) is 0 Å². The topological polar surface area (TPSA) is 76.4 Å². The number of carbonyl (C=O) groups is 1. The van der Waals surface area contributed by atoms with Crippen molar-refractivity contribution in [2.24, 2.45) is 0 Å². The zero-order valence-corrected chi connectivity index (χ0v) is 17.7. The van der Waals surface area contributed by atoms with Crippen LogP contribution < -0.4 is 10.9 Å². The molecular formula is C25H26N4O2. The first-order valence-corrected chi connectivity index (χ1v) is 10.7. The highest BCUT2D eigenvalue weighted by atomic mass is 16.1. The van der Waals surface area contributed by atoms with Crippen molar-refractivity contribution in [2.75, 3.05) is 6.54 Å². The number of amides is 1. The minimum Gasteiger partial charge on any atom is -0.352 e. The van der Waals surface area contributed by atoms with Crippen molar-refractivity contribution < 1.29 is 4.79 Å². The van der Waals surface area contributed by atoms with Crippen molar-refractivity contribution >= 4 is 22.5 Å². The number of nitrogens with one attached hydrogen (secondary N) is 1. The normalized spacial score (nSPS) is 11.1. The molecule has 6 nitrogen and oxygen atoms in total. The molecule has 0 atom stereocenters. The summed E-state index contributed by atoms with van der Waals surface area (Å²) in [5.74, 6) is -0.160. The first-order valence-electron chi connectivity index (χ1n) is 10.7. The Labute approximate surface area is 181 Å². The molecule has 1 aromatic carbocycles. The molecule has 0 bridgehead atoms. The Morgan fingerprint density at radius 3 is 2.65 bits per heavy atom. The second kappa shape index (κ2) is 9.51. The van der Waals surface area contributed by atoms with Gasteiger partial charge in [-0.05, 0) is 73.7 Å². The smallest absolute Gasteiger partial charge is 0.265 e. The first kappa shape index (κ1) is 20.7. The fraction of sp³-hybridized carbons (Fsp3) is 0.280. The van der Waals surface area contributed by atoms with Crippen molar-refractivity contribution in [3.63, 3.8) is 0 Å². The van der Waals surface area contributed by atoms with Crippen LogP contribution in [-0.4, -0.2) is 26.8 Å². The highest BCUT2D eigenvalue weighted by Crippen LogP contribution is 2.13. The highest BCUT2D eigenvalue weighted by molar-refractivity contribution is 5.98. The Bertz CT molecular complexity index is 1270. The number of nitrogens with zero attached hydrogens (tertiary/aromatic N) is 3. The lowest BCUT2D eigenvalue weighted by Gasteiger charge is -2.08. The summed E-state index contributed by atoms with van der Waals surface area (Å²) in [6.45, 7) is 2.55. The fourth-order valence-electron chi connectivity index (χ4n) is 3.71. The maximum atomic E-state index is 12.9. The summed E-state index contributed by atoms with van der Waals surface area (Å²) in [4.78, 5) is 34.0. The molecular weight excluding hydrogens is 388 g/mol. The molecule has 4 aromatic rings. The molecule has 1 N–H and O–H groups in total. The Hall–Kier alpha value is -3.54. The number of carbonyl (C=O) groups excluding carboxylic acids is 1. The Balaban J connectivity index is 1.32. The molecule has 0 aliphatic carbocycles. The van der Waals surface area contributed by atoms with Crippen LogP contribution in [0.5, 0.6) is 0 Å². The Morgan fingerprint density at radius 1 is 1.00 bits per heavy atom. The van der Waals surface area contributed by atoms with Gasteiger partial charge in [-0.2, -0.15) is 0 Å². The number of fused-ring (bicyclic) bond motifs is 2. The monoisotopic (exact) mass is 414 g/mol. The summed E-state index contributed by atoms with van der Waals surface area (Å²) in [6, 6.07) is 13.0. The van der Waals surface area contributed by atoms with Gasteiger partial charge in [0, 0.05) is 30.7 Å². The molecule has 4 rings (SSSR count). The maximum absolute atomic E-state index is 12.9. The third-order valence-corrected chi connectivity index (χ3v) is 5.44. The third kappa shape index (κ3) is 4.97. The van der Waals surface area contributed by atoms with Gasteiger partial charge >= 0.3 is 0 Å². The van der Waals surface area contributed by atoms with Gasteiger partial charge in [-0.25, -0.2) is 4.98 Å². The van der Waals surface area contributed by atoms with Gasteiger partial charge in [0.1, 0.15) is 5.65 Å². The SMILES string of the molecule is Cc1ccc2nc3ccc(C(=O)NCCCCCCc4ccncc4)cc3c(=O)n2c1. The van der Waals surface area contributed by atoms with Crippen LogP contribution in [0.15, 0.2) is 65.8 Å². The van der Waals surface area contributed by atoms with Crippen LogP contribution in [0.25, 0.3) is 16.6 Å². The summed E-state index contributed by atoms with van der Waals surface area (Å²) in [6.07, 6.45) is 10.7. The molecule has 3 heterocycles. The van der Waals surface area contributed by atoms with Gasteiger partial charge in [0.15, 0.2) is 0 Å². The quantitative estimate of drug-likeness (QED) is 0.348. The average molecular weight is 415 g/mol. The molecule has 3 aromatic heterocycles. The average Bonchev–Trinajstić information content (AvgIpc) is 2.79. The number of pyridine rings is 2. The summed E-state index contributed by atoms with van der Waals surface area (Å²) >= 11 is 0. The van der Waals surface area contributed by atoms with Gasteiger partial charge in [0.2, 0.25) is 0 Å². The largest absolute Gasteiger partial charge is 0.352 e. The molecule has 0 fully saturated rings. The number of rotatable bonds is 8. The van der Waals surface area contributed by atoms with Crippen LogP contribution in [0.1, 0.15) is 47.2 Å². The molecule has 0 spiro atoms. The van der Waals surface area contributed by atoms with E-state index in [0.29, 0.717) is 28.7 Å². The predicted octanol–water partition coefficient (Wildman–Crippen LogP) is 4.08. The molecule has 1 amide bonds. The van der Waals surface area contributed by atoms with Gasteiger partial charge in [0.05, 0.1) is 10.9 Å². The van der Waals surface area contributed by atoms with Crippen molar-refractivity contribution in [3.05, 3.63) is 88.1 Å². The molecule has 158 valence electrons. The second-order valence-electron chi connectivity index (χ2n) is 7.86. The molecule has 0 aliphatic heterocycles. The number of hydrogen-bond donors (Lipinski definition) is 1. The number of unbranched alkanes of at least 4 members (excludes halogenated alkanes) is 3. The van der Waals surface area contributed by atoms with E-state index in [1.165, 1.54) is 9.96 Å². The fourth-order valence-corrected chi connectivity index (χ4v) is 3.71. The summed E-state index contributed by atoms with van der Waals surface area (Å²) in [7, 11) is 0. The Morgan fingerprint density at radius 2 is 1.81 bits per heavy atom. The number of aromatic nitrogens is 3. The van der Waals surface area contributed by atoms with Crippen molar-refractivity contribution in [1.82, 2.24) is 19.7 Å². The lowest BCUT2D eigenvalue weighted by atomic mass is 10.1.